The third-order valence-electron chi connectivity index (χ3n) is 8.69. The van der Waals surface area contributed by atoms with Gasteiger partial charge in [0.25, 0.3) is 0 Å². The summed E-state index contributed by atoms with van der Waals surface area (Å²) >= 11 is 6.09. The molecule has 0 saturated heterocycles. The fourth-order valence-corrected chi connectivity index (χ4v) is 7.78. The highest BCUT2D eigenvalue weighted by Gasteiger charge is 2.50. The number of hydrogen-bond donors (Lipinski definition) is 1. The molecule has 1 unspecified atom stereocenters. The van der Waals surface area contributed by atoms with Gasteiger partial charge in [0, 0.05) is 36.3 Å². The number of anilines is 1. The zero-order valence-corrected chi connectivity index (χ0v) is 20.7. The lowest BCUT2D eigenvalue weighted by atomic mass is 9.54. The Morgan fingerprint density at radius 1 is 1.17 bits per heavy atom. The molecule has 1 aliphatic heterocycles. The zero-order chi connectivity index (χ0) is 23.9. The van der Waals surface area contributed by atoms with E-state index < -0.39 is 6.23 Å². The van der Waals surface area contributed by atoms with Crippen molar-refractivity contribution in [2.75, 3.05) is 24.6 Å². The Labute approximate surface area is 211 Å². The summed E-state index contributed by atoms with van der Waals surface area (Å²) < 4.78 is 5.96. The second-order valence-corrected chi connectivity index (χ2v) is 11.2. The first kappa shape index (κ1) is 23.2. The van der Waals surface area contributed by atoms with E-state index >= 15 is 0 Å². The molecule has 4 aliphatic carbocycles. The number of carbonyl (C=O) groups excluding carboxylic acids is 1. The topological polar surface area (TPSA) is 78.8 Å². The third kappa shape index (κ3) is 4.43. The Balaban J connectivity index is 1.24. The van der Waals surface area contributed by atoms with Gasteiger partial charge in [-0.05, 0) is 80.4 Å². The van der Waals surface area contributed by atoms with Gasteiger partial charge >= 0.3 is 0 Å². The third-order valence-corrected chi connectivity index (χ3v) is 8.93. The second-order valence-electron chi connectivity index (χ2n) is 10.8. The Morgan fingerprint density at radius 2 is 1.94 bits per heavy atom. The average Bonchev–Trinajstić information content (AvgIpc) is 2.85. The van der Waals surface area contributed by atoms with Gasteiger partial charge in [-0.1, -0.05) is 17.7 Å². The molecule has 35 heavy (non-hydrogen) atoms. The number of aliphatic hydroxyl groups excluding tert-OH is 1. The minimum absolute atomic E-state index is 0.119. The van der Waals surface area contributed by atoms with Crippen LogP contribution in [-0.2, 0) is 17.8 Å². The SMILES string of the molecule is O=CC(Oc1cccc(Cl)c1)N1CCc2c(ncnc2N(CCO)C2C3CC4CC(C3)CC2C4)C1. The molecule has 5 aliphatic rings. The lowest BCUT2D eigenvalue weighted by molar-refractivity contribution is -0.122. The number of halogens is 1. The number of aldehydes is 1. The largest absolute Gasteiger partial charge is 0.468 e. The fourth-order valence-electron chi connectivity index (χ4n) is 7.60. The van der Waals surface area contributed by atoms with Crippen LogP contribution >= 0.6 is 11.6 Å². The number of carbonyl (C=O) groups is 1. The van der Waals surface area contributed by atoms with Crippen LogP contribution in [0.15, 0.2) is 30.6 Å². The lowest BCUT2D eigenvalue weighted by Crippen LogP contribution is -2.57. The van der Waals surface area contributed by atoms with Crippen molar-refractivity contribution >= 4 is 23.7 Å². The Bertz CT molecular complexity index is 1050. The van der Waals surface area contributed by atoms with Gasteiger partial charge in [-0.15, -0.1) is 0 Å². The summed E-state index contributed by atoms with van der Waals surface area (Å²) in [5.74, 6) is 4.76. The minimum atomic E-state index is -0.710. The van der Waals surface area contributed by atoms with E-state index in [1.807, 2.05) is 11.0 Å². The smallest absolute Gasteiger partial charge is 0.209 e. The first-order valence-corrected chi connectivity index (χ1v) is 13.3. The monoisotopic (exact) mass is 496 g/mol. The highest BCUT2D eigenvalue weighted by molar-refractivity contribution is 6.30. The zero-order valence-electron chi connectivity index (χ0n) is 19.9. The van der Waals surface area contributed by atoms with Crippen molar-refractivity contribution in [3.8, 4) is 5.75 Å². The predicted octanol–water partition coefficient (Wildman–Crippen LogP) is 3.72. The number of benzene rings is 1. The Hall–Kier alpha value is -2.22. The molecule has 0 radical (unpaired) electrons. The summed E-state index contributed by atoms with van der Waals surface area (Å²) in [6, 6.07) is 7.57. The number of fused-ring (bicyclic) bond motifs is 1. The highest BCUT2D eigenvalue weighted by Crippen LogP contribution is 2.55. The van der Waals surface area contributed by atoms with E-state index in [1.165, 1.54) is 32.1 Å². The molecule has 186 valence electrons. The van der Waals surface area contributed by atoms with Crippen LogP contribution in [0.5, 0.6) is 5.75 Å². The molecule has 1 aromatic heterocycles. The van der Waals surface area contributed by atoms with E-state index in [2.05, 4.69) is 9.88 Å². The standard InChI is InChI=1S/C27H33ClN4O3/c28-21-2-1-3-22(13-21)35-25(15-34)31-5-4-23-24(14-31)29-16-30-27(23)32(6-7-33)26-19-9-17-8-18(11-19)12-20(26)10-17/h1-3,13,15-20,25-26,33H,4-12,14H2. The van der Waals surface area contributed by atoms with Gasteiger partial charge in [-0.25, -0.2) is 9.97 Å². The molecule has 4 bridgehead atoms. The molecular weight excluding hydrogens is 464 g/mol. The number of aliphatic hydroxyl groups is 1. The number of ether oxygens (including phenoxy) is 1. The van der Waals surface area contributed by atoms with E-state index in [0.29, 0.717) is 48.3 Å². The van der Waals surface area contributed by atoms with E-state index in [1.54, 1.807) is 24.5 Å². The molecule has 8 heteroatoms. The molecule has 7 nitrogen and oxygen atoms in total. The molecule has 2 aromatic rings. The van der Waals surface area contributed by atoms with Gasteiger partial charge in [0.1, 0.15) is 17.9 Å². The van der Waals surface area contributed by atoms with Crippen LogP contribution in [0, 0.1) is 23.7 Å². The molecule has 0 amide bonds. The Morgan fingerprint density at radius 3 is 2.63 bits per heavy atom. The molecule has 7 rings (SSSR count). The molecule has 1 aromatic carbocycles. The van der Waals surface area contributed by atoms with Crippen LogP contribution in [0.2, 0.25) is 5.02 Å². The lowest BCUT2D eigenvalue weighted by Gasteiger charge is -2.57. The van der Waals surface area contributed by atoms with Gasteiger partial charge in [0.2, 0.25) is 6.23 Å². The van der Waals surface area contributed by atoms with Crippen LogP contribution in [0.3, 0.4) is 0 Å². The van der Waals surface area contributed by atoms with Crippen LogP contribution in [-0.4, -0.2) is 58.2 Å². The first-order valence-electron chi connectivity index (χ1n) is 12.9. The van der Waals surface area contributed by atoms with Gasteiger partial charge in [-0.2, -0.15) is 0 Å². The van der Waals surface area contributed by atoms with E-state index in [9.17, 15) is 9.90 Å². The molecule has 4 fully saturated rings. The fraction of sp³-hybridized carbons (Fsp3) is 0.593. The molecular formula is C27H33ClN4O3. The number of hydrogen-bond acceptors (Lipinski definition) is 7. The van der Waals surface area contributed by atoms with Crippen molar-refractivity contribution in [3.05, 3.63) is 46.9 Å². The summed E-state index contributed by atoms with van der Waals surface area (Å²) in [4.78, 5) is 25.8. The van der Waals surface area contributed by atoms with Gasteiger partial charge < -0.3 is 14.7 Å². The quantitative estimate of drug-likeness (QED) is 0.558. The summed E-state index contributed by atoms with van der Waals surface area (Å²) in [5, 5.41) is 10.6. The van der Waals surface area contributed by atoms with Crippen molar-refractivity contribution in [2.45, 2.75) is 57.3 Å². The molecule has 1 N–H and O–H groups in total. The highest BCUT2D eigenvalue weighted by atomic mass is 35.5. The van der Waals surface area contributed by atoms with Crippen molar-refractivity contribution in [3.63, 3.8) is 0 Å². The van der Waals surface area contributed by atoms with Crippen LogP contribution in [0.1, 0.15) is 43.4 Å². The molecule has 4 saturated carbocycles. The molecule has 2 heterocycles. The second kappa shape index (κ2) is 9.68. The Kier molecular flexibility index (Phi) is 6.41. The normalized spacial score (nSPS) is 30.1. The maximum atomic E-state index is 11.9. The van der Waals surface area contributed by atoms with E-state index in [-0.39, 0.29) is 6.61 Å². The van der Waals surface area contributed by atoms with Crippen LogP contribution in [0.25, 0.3) is 0 Å². The summed E-state index contributed by atoms with van der Waals surface area (Å²) in [6.07, 6.45) is 9.22. The number of rotatable bonds is 8. The first-order chi connectivity index (χ1) is 17.1. The van der Waals surface area contributed by atoms with E-state index in [4.69, 9.17) is 21.3 Å². The summed E-state index contributed by atoms with van der Waals surface area (Å²) in [6.45, 7) is 1.92. The number of nitrogens with zero attached hydrogens (tertiary/aromatic N) is 4. The van der Waals surface area contributed by atoms with Gasteiger partial charge in [-0.3, -0.25) is 9.69 Å². The summed E-state index contributed by atoms with van der Waals surface area (Å²) in [5.41, 5.74) is 2.09. The average molecular weight is 497 g/mol. The van der Waals surface area contributed by atoms with Crippen molar-refractivity contribution in [1.82, 2.24) is 14.9 Å². The minimum Gasteiger partial charge on any atom is -0.468 e. The predicted molar refractivity (Wildman–Crippen MR) is 133 cm³/mol. The molecule has 0 spiro atoms. The van der Waals surface area contributed by atoms with E-state index in [0.717, 1.165) is 41.6 Å². The van der Waals surface area contributed by atoms with Crippen molar-refractivity contribution < 1.29 is 14.6 Å². The van der Waals surface area contributed by atoms with Crippen molar-refractivity contribution in [2.24, 2.45) is 23.7 Å². The van der Waals surface area contributed by atoms with Crippen LogP contribution in [0.4, 0.5) is 5.82 Å². The van der Waals surface area contributed by atoms with Gasteiger partial charge in [0.15, 0.2) is 6.29 Å². The maximum Gasteiger partial charge on any atom is 0.209 e. The van der Waals surface area contributed by atoms with Crippen molar-refractivity contribution in [1.29, 1.82) is 0 Å². The maximum absolute atomic E-state index is 11.9. The number of aromatic nitrogens is 2. The van der Waals surface area contributed by atoms with Gasteiger partial charge in [0.05, 0.1) is 12.3 Å². The van der Waals surface area contributed by atoms with Crippen LogP contribution < -0.4 is 9.64 Å². The molecule has 1 atom stereocenters. The summed E-state index contributed by atoms with van der Waals surface area (Å²) in [7, 11) is 0.